The summed E-state index contributed by atoms with van der Waals surface area (Å²) < 4.78 is 27.8. The summed E-state index contributed by atoms with van der Waals surface area (Å²) in [4.78, 5) is 13.1. The molecule has 4 nitrogen and oxygen atoms in total. The molecule has 0 saturated carbocycles. The number of hydrogen-bond donors (Lipinski definition) is 1. The predicted octanol–water partition coefficient (Wildman–Crippen LogP) is 6.92. The molecule has 0 aromatic heterocycles. The monoisotopic (exact) mass is 489 g/mol. The van der Waals surface area contributed by atoms with Gasteiger partial charge >= 0.3 is 0 Å². The Morgan fingerprint density at radius 2 is 1.52 bits per heavy atom. The third kappa shape index (κ3) is 8.15. The Balaban J connectivity index is 3.27. The molecule has 0 heterocycles. The highest BCUT2D eigenvalue weighted by Crippen LogP contribution is 2.40. The van der Waals surface area contributed by atoms with E-state index in [4.69, 9.17) is 0 Å². The van der Waals surface area contributed by atoms with Crippen LogP contribution in [0.4, 0.5) is 0 Å². The third-order valence-electron chi connectivity index (χ3n) is 6.55. The number of benzene rings is 1. The first-order chi connectivity index (χ1) is 15.4. The van der Waals surface area contributed by atoms with Crippen LogP contribution < -0.4 is 4.72 Å². The SMILES string of the molecule is CCCCCC/C(=C\C#C[Si](C(C)C)(C(C)C)C(C)C)C(=O)NS(=O)(=O)c1ccc(C)cc1. The highest BCUT2D eigenvalue weighted by molar-refractivity contribution is 7.90. The molecule has 0 aliphatic heterocycles. The summed E-state index contributed by atoms with van der Waals surface area (Å²) in [6, 6.07) is 6.48. The first kappa shape index (κ1) is 29.2. The van der Waals surface area contributed by atoms with Gasteiger partial charge < -0.3 is 0 Å². The largest absolute Gasteiger partial charge is 0.269 e. The number of hydrogen-bond acceptors (Lipinski definition) is 3. The van der Waals surface area contributed by atoms with Gasteiger partial charge in [0, 0.05) is 5.57 Å². The molecule has 1 N–H and O–H groups in total. The average molecular weight is 490 g/mol. The normalized spacial score (nSPS) is 12.8. The fourth-order valence-electron chi connectivity index (χ4n) is 4.64. The van der Waals surface area contributed by atoms with Gasteiger partial charge in [0.25, 0.3) is 15.9 Å². The van der Waals surface area contributed by atoms with Gasteiger partial charge in [-0.2, -0.15) is 0 Å². The number of carbonyl (C=O) groups is 1. The van der Waals surface area contributed by atoms with Gasteiger partial charge in [0.05, 0.1) is 4.90 Å². The molecule has 0 spiro atoms. The van der Waals surface area contributed by atoms with Crippen LogP contribution in [-0.4, -0.2) is 22.4 Å². The number of nitrogens with one attached hydrogen (secondary N) is 1. The van der Waals surface area contributed by atoms with Crippen LogP contribution in [0.5, 0.6) is 0 Å². The minimum absolute atomic E-state index is 0.0868. The second-order valence-electron chi connectivity index (χ2n) is 9.89. The van der Waals surface area contributed by atoms with E-state index in [1.54, 1.807) is 18.2 Å². The van der Waals surface area contributed by atoms with Crippen LogP contribution >= 0.6 is 0 Å². The van der Waals surface area contributed by atoms with Crippen molar-refractivity contribution in [3.05, 3.63) is 41.5 Å². The Bertz CT molecular complexity index is 943. The van der Waals surface area contributed by atoms with Gasteiger partial charge in [-0.25, -0.2) is 13.1 Å². The van der Waals surface area contributed by atoms with Crippen LogP contribution in [0, 0.1) is 18.4 Å². The van der Waals surface area contributed by atoms with E-state index in [1.807, 2.05) is 6.92 Å². The number of sulfonamides is 1. The lowest BCUT2D eigenvalue weighted by atomic mass is 10.1. The Kier molecular flexibility index (Phi) is 11.6. The first-order valence-electron chi connectivity index (χ1n) is 12.2. The number of allylic oxidation sites excluding steroid dienone is 1. The standard InChI is InChI=1S/C27H43NO3SSi/c1-9-10-11-12-14-25(15-13-20-33(21(2)3,22(4)5)23(6)7)27(29)28-32(30,31)26-18-16-24(8)17-19-26/h15-19,21-23H,9-12,14H2,1-8H3,(H,28,29)/b25-15+. The molecule has 0 atom stereocenters. The molecule has 0 bridgehead atoms. The number of aryl methyl sites for hydroxylation is 1. The maximum absolute atomic E-state index is 13.0. The number of carbonyl (C=O) groups excluding carboxylic acids is 1. The van der Waals surface area contributed by atoms with Crippen molar-refractivity contribution in [2.24, 2.45) is 0 Å². The second-order valence-corrected chi connectivity index (χ2v) is 17.2. The molecule has 0 aliphatic carbocycles. The van der Waals surface area contributed by atoms with Crippen molar-refractivity contribution in [3.8, 4) is 11.5 Å². The van der Waals surface area contributed by atoms with Crippen molar-refractivity contribution in [2.45, 2.75) is 109 Å². The molecule has 1 rings (SSSR count). The number of rotatable bonds is 11. The molecule has 0 saturated heterocycles. The molecule has 1 aromatic carbocycles. The lowest BCUT2D eigenvalue weighted by Crippen LogP contribution is -2.43. The van der Waals surface area contributed by atoms with E-state index < -0.39 is 24.0 Å². The summed E-state index contributed by atoms with van der Waals surface area (Å²) in [7, 11) is -5.86. The quantitative estimate of drug-likeness (QED) is 0.159. The maximum Gasteiger partial charge on any atom is 0.264 e. The van der Waals surface area contributed by atoms with Crippen LogP contribution in [0.2, 0.25) is 16.6 Å². The summed E-state index contributed by atoms with van der Waals surface area (Å²) in [5.41, 5.74) is 6.46. The van der Waals surface area contributed by atoms with Gasteiger partial charge in [-0.1, -0.05) is 91.3 Å². The Labute approximate surface area is 203 Å². The fourth-order valence-corrected chi connectivity index (χ4v) is 10.8. The highest BCUT2D eigenvalue weighted by Gasteiger charge is 2.41. The van der Waals surface area contributed by atoms with Gasteiger partial charge in [0.2, 0.25) is 0 Å². The minimum Gasteiger partial charge on any atom is -0.269 e. The van der Waals surface area contributed by atoms with Crippen molar-refractivity contribution >= 4 is 24.0 Å². The Morgan fingerprint density at radius 1 is 0.970 bits per heavy atom. The highest BCUT2D eigenvalue weighted by atomic mass is 32.2. The van der Waals surface area contributed by atoms with E-state index in [1.165, 1.54) is 12.1 Å². The molecule has 0 unspecified atom stereocenters. The summed E-state index contributed by atoms with van der Waals surface area (Å²) in [6.45, 7) is 17.5. The summed E-state index contributed by atoms with van der Waals surface area (Å²) in [5.74, 6) is 2.64. The lowest BCUT2D eigenvalue weighted by molar-refractivity contribution is -0.116. The number of unbranched alkanes of at least 4 members (excludes halogenated alkanes) is 3. The van der Waals surface area contributed by atoms with Crippen molar-refractivity contribution in [1.82, 2.24) is 4.72 Å². The molecule has 1 aromatic rings. The molecule has 0 fully saturated rings. The molecule has 184 valence electrons. The molecule has 0 radical (unpaired) electrons. The van der Waals surface area contributed by atoms with Gasteiger partial charge in [0.1, 0.15) is 8.07 Å². The molecular formula is C27H43NO3SSi. The molecule has 6 heteroatoms. The number of amides is 1. The van der Waals surface area contributed by atoms with Crippen molar-refractivity contribution in [1.29, 1.82) is 0 Å². The third-order valence-corrected chi connectivity index (χ3v) is 14.2. The van der Waals surface area contributed by atoms with Crippen LogP contribution in [0.15, 0.2) is 40.8 Å². The maximum atomic E-state index is 13.0. The van der Waals surface area contributed by atoms with Gasteiger partial charge in [-0.3, -0.25) is 4.79 Å². The van der Waals surface area contributed by atoms with Crippen molar-refractivity contribution in [3.63, 3.8) is 0 Å². The van der Waals surface area contributed by atoms with E-state index in [0.29, 0.717) is 28.6 Å². The van der Waals surface area contributed by atoms with Gasteiger partial charge in [0.15, 0.2) is 0 Å². The summed E-state index contributed by atoms with van der Waals surface area (Å²) in [6.07, 6.45) is 6.21. The Hall–Kier alpha value is -1.84. The van der Waals surface area contributed by atoms with E-state index >= 15 is 0 Å². The van der Waals surface area contributed by atoms with E-state index in [2.05, 4.69) is 64.7 Å². The Morgan fingerprint density at radius 3 is 2.00 bits per heavy atom. The van der Waals surface area contributed by atoms with E-state index in [-0.39, 0.29) is 4.90 Å². The lowest BCUT2D eigenvalue weighted by Gasteiger charge is -2.38. The summed E-state index contributed by atoms with van der Waals surface area (Å²) in [5, 5.41) is 0. The van der Waals surface area contributed by atoms with E-state index in [9.17, 15) is 13.2 Å². The molecular weight excluding hydrogens is 446 g/mol. The van der Waals surface area contributed by atoms with Crippen LogP contribution in [-0.2, 0) is 14.8 Å². The molecule has 1 amide bonds. The fraction of sp³-hybridized carbons (Fsp3) is 0.593. The predicted molar refractivity (Wildman–Crippen MR) is 142 cm³/mol. The minimum atomic E-state index is -3.93. The zero-order valence-corrected chi connectivity index (χ0v) is 23.6. The topological polar surface area (TPSA) is 63.2 Å². The van der Waals surface area contributed by atoms with Gasteiger partial charge in [-0.05, 0) is 54.6 Å². The molecule has 33 heavy (non-hydrogen) atoms. The zero-order valence-electron chi connectivity index (χ0n) is 21.8. The second kappa shape index (κ2) is 13.1. The smallest absolute Gasteiger partial charge is 0.264 e. The van der Waals surface area contributed by atoms with Crippen LogP contribution in [0.25, 0.3) is 0 Å². The van der Waals surface area contributed by atoms with Crippen LogP contribution in [0.3, 0.4) is 0 Å². The zero-order chi connectivity index (χ0) is 25.2. The van der Waals surface area contributed by atoms with Crippen molar-refractivity contribution in [2.75, 3.05) is 0 Å². The molecule has 0 aliphatic rings. The first-order valence-corrected chi connectivity index (χ1v) is 16.0. The van der Waals surface area contributed by atoms with Crippen molar-refractivity contribution < 1.29 is 13.2 Å². The van der Waals surface area contributed by atoms with Gasteiger partial charge in [-0.15, -0.1) is 5.54 Å². The van der Waals surface area contributed by atoms with E-state index in [0.717, 1.165) is 31.2 Å². The van der Waals surface area contributed by atoms with Crippen LogP contribution in [0.1, 0.15) is 86.1 Å². The average Bonchev–Trinajstić information content (AvgIpc) is 2.71. The summed E-state index contributed by atoms with van der Waals surface area (Å²) >= 11 is 0.